The lowest BCUT2D eigenvalue weighted by atomic mass is 9.89. The third kappa shape index (κ3) is 4.58. The summed E-state index contributed by atoms with van der Waals surface area (Å²) in [5.41, 5.74) is 2.01. The van der Waals surface area contributed by atoms with E-state index in [0.29, 0.717) is 0 Å². The summed E-state index contributed by atoms with van der Waals surface area (Å²) >= 11 is 0. The molecule has 0 aromatic heterocycles. The zero-order valence-corrected chi connectivity index (χ0v) is 17.3. The Balaban J connectivity index is 2.11. The smallest absolute Gasteiger partial charge is 0.338 e. The van der Waals surface area contributed by atoms with Crippen molar-refractivity contribution < 1.29 is 23.8 Å². The molecule has 0 saturated carbocycles. The van der Waals surface area contributed by atoms with E-state index in [1.165, 1.54) is 14.2 Å². The number of carbonyl (C=O) groups is 2. The van der Waals surface area contributed by atoms with Crippen molar-refractivity contribution >= 4 is 24.1 Å². The van der Waals surface area contributed by atoms with Crippen LogP contribution in [0.3, 0.4) is 0 Å². The fourth-order valence-corrected chi connectivity index (χ4v) is 3.24. The van der Waals surface area contributed by atoms with Gasteiger partial charge in [0.2, 0.25) is 0 Å². The Morgan fingerprint density at radius 3 is 2.00 bits per heavy atom. The second-order valence-electron chi connectivity index (χ2n) is 6.91. The van der Waals surface area contributed by atoms with Crippen LogP contribution in [0.25, 0.3) is 12.2 Å². The summed E-state index contributed by atoms with van der Waals surface area (Å²) in [5.74, 6) is -1.26. The van der Waals surface area contributed by atoms with Crippen molar-refractivity contribution in [1.29, 1.82) is 0 Å². The number of hydrogen-bond donors (Lipinski definition) is 0. The number of ether oxygens (including phenoxy) is 3. The van der Waals surface area contributed by atoms with Gasteiger partial charge in [0.05, 0.1) is 32.0 Å². The molecule has 0 bridgehead atoms. The van der Waals surface area contributed by atoms with Crippen molar-refractivity contribution in [1.82, 2.24) is 0 Å². The lowest BCUT2D eigenvalue weighted by molar-refractivity contribution is -0.139. The lowest BCUT2D eigenvalue weighted by Crippen LogP contribution is -2.31. The first-order chi connectivity index (χ1) is 14.5. The number of aryl methyl sites for hydroxylation is 1. The molecule has 154 valence electrons. The molecular weight excluding hydrogens is 380 g/mol. The van der Waals surface area contributed by atoms with E-state index >= 15 is 0 Å². The summed E-state index contributed by atoms with van der Waals surface area (Å²) in [6, 6.07) is 17.6. The van der Waals surface area contributed by atoms with E-state index in [2.05, 4.69) is 0 Å². The molecule has 0 aliphatic carbocycles. The van der Waals surface area contributed by atoms with E-state index in [4.69, 9.17) is 14.2 Å². The lowest BCUT2D eigenvalue weighted by Gasteiger charge is -2.24. The Labute approximate surface area is 176 Å². The maximum absolute atomic E-state index is 12.7. The highest BCUT2D eigenvalue weighted by molar-refractivity contribution is 6.04. The second-order valence-corrected chi connectivity index (χ2v) is 6.91. The van der Waals surface area contributed by atoms with E-state index in [-0.39, 0.29) is 17.8 Å². The van der Waals surface area contributed by atoms with Crippen LogP contribution in [0.5, 0.6) is 0 Å². The van der Waals surface area contributed by atoms with Gasteiger partial charge < -0.3 is 14.2 Å². The van der Waals surface area contributed by atoms with Gasteiger partial charge in [-0.15, -0.1) is 0 Å². The normalized spacial score (nSPS) is 18.9. The highest BCUT2D eigenvalue weighted by Crippen LogP contribution is 2.37. The quantitative estimate of drug-likeness (QED) is 0.678. The first kappa shape index (κ1) is 21.3. The molecule has 1 atom stereocenters. The van der Waals surface area contributed by atoms with E-state index in [0.717, 1.165) is 16.7 Å². The molecule has 0 spiro atoms. The molecule has 2 aromatic rings. The van der Waals surface area contributed by atoms with Gasteiger partial charge in [-0.1, -0.05) is 72.3 Å². The van der Waals surface area contributed by atoms with Crippen molar-refractivity contribution in [2.24, 2.45) is 0 Å². The van der Waals surface area contributed by atoms with Crippen molar-refractivity contribution in [2.45, 2.75) is 12.5 Å². The van der Waals surface area contributed by atoms with Crippen LogP contribution in [0.1, 0.15) is 16.7 Å². The third-order valence-corrected chi connectivity index (χ3v) is 4.89. The molecule has 0 N–H and O–H groups in total. The predicted octanol–water partition coefficient (Wildman–Crippen LogP) is 4.13. The average Bonchev–Trinajstić information content (AvgIpc) is 3.16. The third-order valence-electron chi connectivity index (χ3n) is 4.89. The van der Waals surface area contributed by atoms with E-state index in [1.54, 1.807) is 12.2 Å². The van der Waals surface area contributed by atoms with Gasteiger partial charge in [0, 0.05) is 0 Å². The zero-order chi connectivity index (χ0) is 21.6. The summed E-state index contributed by atoms with van der Waals surface area (Å²) < 4.78 is 15.9. The zero-order valence-electron chi connectivity index (χ0n) is 17.3. The number of hydrogen-bond acceptors (Lipinski definition) is 5. The number of benzene rings is 2. The Bertz CT molecular complexity index is 1000. The van der Waals surface area contributed by atoms with Gasteiger partial charge in [0.15, 0.2) is 0 Å². The van der Waals surface area contributed by atoms with Crippen LogP contribution in [0.15, 0.2) is 77.9 Å². The molecule has 1 unspecified atom stereocenters. The Morgan fingerprint density at radius 1 is 0.867 bits per heavy atom. The van der Waals surface area contributed by atoms with E-state index in [9.17, 15) is 9.59 Å². The minimum Gasteiger partial charge on any atom is -0.466 e. The van der Waals surface area contributed by atoms with Gasteiger partial charge in [-0.3, -0.25) is 0 Å². The topological polar surface area (TPSA) is 61.8 Å². The van der Waals surface area contributed by atoms with Gasteiger partial charge in [0.1, 0.15) is 5.60 Å². The average molecular weight is 404 g/mol. The Kier molecular flexibility index (Phi) is 6.65. The summed E-state index contributed by atoms with van der Waals surface area (Å²) in [5, 5.41) is 0. The van der Waals surface area contributed by atoms with Crippen LogP contribution < -0.4 is 0 Å². The van der Waals surface area contributed by atoms with Crippen LogP contribution in [-0.2, 0) is 23.8 Å². The molecular formula is C25H24O5. The van der Waals surface area contributed by atoms with Crippen LogP contribution in [-0.4, -0.2) is 38.4 Å². The SMILES string of the molecule is COC(=O)C1=C(C(=O)OC)C(/C=C/c2ccccc2)(/C=C/c2ccc(C)cc2)OC1. The van der Waals surface area contributed by atoms with E-state index < -0.39 is 17.5 Å². The number of methoxy groups -OCH3 is 2. The van der Waals surface area contributed by atoms with Crippen LogP contribution >= 0.6 is 0 Å². The molecule has 3 rings (SSSR count). The van der Waals surface area contributed by atoms with Crippen molar-refractivity contribution in [3.05, 3.63) is 94.6 Å². The summed E-state index contributed by atoms with van der Waals surface area (Å²) in [4.78, 5) is 25.0. The molecule has 5 nitrogen and oxygen atoms in total. The molecule has 0 radical (unpaired) electrons. The van der Waals surface area contributed by atoms with Crippen LogP contribution in [0, 0.1) is 6.92 Å². The largest absolute Gasteiger partial charge is 0.466 e. The number of rotatable bonds is 6. The number of carbonyl (C=O) groups excluding carboxylic acids is 2. The van der Waals surface area contributed by atoms with E-state index in [1.807, 2.05) is 73.7 Å². The Morgan fingerprint density at radius 2 is 1.43 bits per heavy atom. The van der Waals surface area contributed by atoms with Crippen molar-refractivity contribution in [3.63, 3.8) is 0 Å². The van der Waals surface area contributed by atoms with Gasteiger partial charge >= 0.3 is 11.9 Å². The maximum atomic E-state index is 12.7. The van der Waals surface area contributed by atoms with Gasteiger partial charge in [-0.2, -0.15) is 0 Å². The fourth-order valence-electron chi connectivity index (χ4n) is 3.24. The first-order valence-electron chi connectivity index (χ1n) is 9.53. The molecule has 1 aliphatic heterocycles. The molecule has 0 amide bonds. The minimum absolute atomic E-state index is 0.0610. The highest BCUT2D eigenvalue weighted by Gasteiger charge is 2.45. The van der Waals surface area contributed by atoms with Crippen LogP contribution in [0.4, 0.5) is 0 Å². The van der Waals surface area contributed by atoms with Crippen LogP contribution in [0.2, 0.25) is 0 Å². The second kappa shape index (κ2) is 9.37. The molecule has 2 aromatic carbocycles. The maximum Gasteiger partial charge on any atom is 0.338 e. The summed E-state index contributed by atoms with van der Waals surface area (Å²) in [6.07, 6.45) is 7.23. The van der Waals surface area contributed by atoms with Gasteiger partial charge in [-0.25, -0.2) is 9.59 Å². The summed E-state index contributed by atoms with van der Waals surface area (Å²) in [6.45, 7) is 1.95. The van der Waals surface area contributed by atoms with Gasteiger partial charge in [0.25, 0.3) is 0 Å². The molecule has 1 heterocycles. The summed E-state index contributed by atoms with van der Waals surface area (Å²) in [7, 11) is 2.55. The first-order valence-corrected chi connectivity index (χ1v) is 9.53. The monoisotopic (exact) mass is 404 g/mol. The highest BCUT2D eigenvalue weighted by atomic mass is 16.5. The standard InChI is InChI=1S/C25H24O5/c1-18-9-11-20(12-10-18)14-16-25(15-13-19-7-5-4-6-8-19)22(24(27)29-3)21(17-30-25)23(26)28-2/h4-16H,17H2,1-3H3/b15-13+,16-14+. The molecule has 0 saturated heterocycles. The molecule has 5 heteroatoms. The van der Waals surface area contributed by atoms with Crippen molar-refractivity contribution in [2.75, 3.05) is 20.8 Å². The van der Waals surface area contributed by atoms with Gasteiger partial charge in [-0.05, 0) is 30.2 Å². The molecule has 0 fully saturated rings. The predicted molar refractivity (Wildman–Crippen MR) is 115 cm³/mol. The number of esters is 2. The minimum atomic E-state index is -1.27. The molecule has 30 heavy (non-hydrogen) atoms. The Hall–Kier alpha value is -3.44. The molecule has 1 aliphatic rings. The van der Waals surface area contributed by atoms with Crippen molar-refractivity contribution in [3.8, 4) is 0 Å². The fraction of sp³-hybridized carbons (Fsp3) is 0.200.